The lowest BCUT2D eigenvalue weighted by Gasteiger charge is -2.27. The molecule has 0 aromatic heterocycles. The summed E-state index contributed by atoms with van der Waals surface area (Å²) >= 11 is 0. The molecule has 2 aliphatic rings. The van der Waals surface area contributed by atoms with Crippen molar-refractivity contribution in [2.24, 2.45) is 0 Å². The topological polar surface area (TPSA) is 50.4 Å². The Bertz CT molecular complexity index is 461. The van der Waals surface area contributed by atoms with Gasteiger partial charge in [-0.1, -0.05) is 24.3 Å². The molecule has 1 saturated heterocycles. The first-order valence-electron chi connectivity index (χ1n) is 7.05. The van der Waals surface area contributed by atoms with Gasteiger partial charge in [0.15, 0.2) is 0 Å². The van der Waals surface area contributed by atoms with Gasteiger partial charge in [-0.15, -0.1) is 12.4 Å². The Hall–Kier alpha value is -1.10. The smallest absolute Gasteiger partial charge is 0.249 e. The van der Waals surface area contributed by atoms with E-state index in [-0.39, 0.29) is 30.5 Å². The van der Waals surface area contributed by atoms with Crippen molar-refractivity contribution in [2.75, 3.05) is 19.7 Å². The van der Waals surface area contributed by atoms with Crippen molar-refractivity contribution >= 4 is 18.3 Å². The Morgan fingerprint density at radius 1 is 1.40 bits per heavy atom. The van der Waals surface area contributed by atoms with Gasteiger partial charge < -0.3 is 15.4 Å². The van der Waals surface area contributed by atoms with Crippen LogP contribution in [-0.4, -0.2) is 31.7 Å². The largest absolute Gasteiger partial charge is 0.368 e. The van der Waals surface area contributed by atoms with Gasteiger partial charge >= 0.3 is 0 Å². The monoisotopic (exact) mass is 296 g/mol. The van der Waals surface area contributed by atoms with Crippen LogP contribution < -0.4 is 10.6 Å². The molecule has 0 saturated carbocycles. The molecule has 110 valence electrons. The van der Waals surface area contributed by atoms with Crippen molar-refractivity contribution in [3.05, 3.63) is 35.4 Å². The molecule has 0 spiro atoms. The molecule has 0 bridgehead atoms. The highest BCUT2D eigenvalue weighted by molar-refractivity contribution is 5.85. The van der Waals surface area contributed by atoms with Crippen LogP contribution >= 0.6 is 12.4 Å². The maximum Gasteiger partial charge on any atom is 0.249 e. The molecule has 1 fully saturated rings. The Morgan fingerprint density at radius 3 is 3.05 bits per heavy atom. The second kappa shape index (κ2) is 7.07. The Kier molecular flexibility index (Phi) is 5.40. The highest BCUT2D eigenvalue weighted by Crippen LogP contribution is 2.22. The minimum Gasteiger partial charge on any atom is -0.368 e. The van der Waals surface area contributed by atoms with E-state index in [9.17, 15) is 4.79 Å². The van der Waals surface area contributed by atoms with Crippen molar-refractivity contribution in [1.82, 2.24) is 10.6 Å². The zero-order chi connectivity index (χ0) is 13.1. The molecule has 4 nitrogen and oxygen atoms in total. The number of hydrogen-bond acceptors (Lipinski definition) is 3. The van der Waals surface area contributed by atoms with Crippen molar-refractivity contribution in [2.45, 2.75) is 31.4 Å². The molecule has 1 amide bonds. The molecule has 2 atom stereocenters. The van der Waals surface area contributed by atoms with Crippen LogP contribution in [0.1, 0.15) is 30.0 Å². The molecule has 0 radical (unpaired) electrons. The molecule has 20 heavy (non-hydrogen) atoms. The van der Waals surface area contributed by atoms with E-state index in [2.05, 4.69) is 34.9 Å². The van der Waals surface area contributed by atoms with Crippen LogP contribution in [0.25, 0.3) is 0 Å². The molecule has 0 aliphatic carbocycles. The summed E-state index contributed by atoms with van der Waals surface area (Å²) in [6.45, 7) is 2.32. The van der Waals surface area contributed by atoms with Gasteiger partial charge in [-0.2, -0.15) is 0 Å². The molecule has 1 aromatic carbocycles. The average molecular weight is 297 g/mol. The standard InChI is InChI=1S/C15H20N2O2.ClH/c18-15(14-6-3-9-19-14)17-10-13-12-5-2-1-4-11(12)7-8-16-13;/h1-2,4-5,13-14,16H,3,6-10H2,(H,17,18);1H/t13?,14-;/m1./s1. The van der Waals surface area contributed by atoms with Gasteiger partial charge in [0.1, 0.15) is 6.10 Å². The normalized spacial score (nSPS) is 24.6. The first kappa shape index (κ1) is 15.3. The first-order valence-corrected chi connectivity index (χ1v) is 7.05. The first-order chi connectivity index (χ1) is 9.34. The zero-order valence-corrected chi connectivity index (χ0v) is 12.2. The van der Waals surface area contributed by atoms with Crippen LogP contribution in [0.5, 0.6) is 0 Å². The number of nitrogens with one attached hydrogen (secondary N) is 2. The SMILES string of the molecule is Cl.O=C(NCC1NCCc2ccccc21)[C@H]1CCCO1. The van der Waals surface area contributed by atoms with Crippen LogP contribution in [0.4, 0.5) is 0 Å². The van der Waals surface area contributed by atoms with Gasteiger partial charge in [0.25, 0.3) is 0 Å². The Balaban J connectivity index is 0.00000147. The van der Waals surface area contributed by atoms with Crippen molar-refractivity contribution in [3.63, 3.8) is 0 Å². The van der Waals surface area contributed by atoms with E-state index in [0.717, 1.165) is 25.8 Å². The summed E-state index contributed by atoms with van der Waals surface area (Å²) in [6.07, 6.45) is 2.66. The third-order valence-electron chi connectivity index (χ3n) is 3.92. The predicted octanol–water partition coefficient (Wildman–Crippen LogP) is 1.59. The number of carbonyl (C=O) groups is 1. The van der Waals surface area contributed by atoms with Crippen molar-refractivity contribution in [3.8, 4) is 0 Å². The number of halogens is 1. The number of rotatable bonds is 3. The summed E-state index contributed by atoms with van der Waals surface area (Å²) in [6, 6.07) is 8.66. The maximum absolute atomic E-state index is 11.9. The van der Waals surface area contributed by atoms with Gasteiger partial charge in [0.05, 0.1) is 0 Å². The van der Waals surface area contributed by atoms with Crippen LogP contribution in [-0.2, 0) is 16.0 Å². The third kappa shape index (κ3) is 3.32. The Labute approximate surface area is 125 Å². The average Bonchev–Trinajstić information content (AvgIpc) is 2.99. The summed E-state index contributed by atoms with van der Waals surface area (Å²) in [5.74, 6) is 0.0300. The van der Waals surface area contributed by atoms with Crippen molar-refractivity contribution < 1.29 is 9.53 Å². The number of carbonyl (C=O) groups excluding carboxylic acids is 1. The van der Waals surface area contributed by atoms with E-state index in [1.165, 1.54) is 11.1 Å². The third-order valence-corrected chi connectivity index (χ3v) is 3.92. The van der Waals surface area contributed by atoms with E-state index in [1.807, 2.05) is 0 Å². The van der Waals surface area contributed by atoms with Crippen molar-refractivity contribution in [1.29, 1.82) is 0 Å². The summed E-state index contributed by atoms with van der Waals surface area (Å²) in [7, 11) is 0. The molecular weight excluding hydrogens is 276 g/mol. The lowest BCUT2D eigenvalue weighted by Crippen LogP contribution is -2.42. The van der Waals surface area contributed by atoms with Crippen LogP contribution in [0, 0.1) is 0 Å². The molecule has 1 aromatic rings. The van der Waals surface area contributed by atoms with Gasteiger partial charge in [-0.25, -0.2) is 0 Å². The quantitative estimate of drug-likeness (QED) is 0.891. The van der Waals surface area contributed by atoms with Gasteiger partial charge in [0.2, 0.25) is 5.91 Å². The summed E-state index contributed by atoms with van der Waals surface area (Å²) in [5.41, 5.74) is 2.69. The number of ether oxygens (including phenoxy) is 1. The number of benzene rings is 1. The zero-order valence-electron chi connectivity index (χ0n) is 11.4. The second-order valence-electron chi connectivity index (χ2n) is 5.20. The van der Waals surface area contributed by atoms with E-state index >= 15 is 0 Å². The summed E-state index contributed by atoms with van der Waals surface area (Å²) in [5, 5.41) is 6.47. The fourth-order valence-electron chi connectivity index (χ4n) is 2.88. The van der Waals surface area contributed by atoms with E-state index in [4.69, 9.17) is 4.74 Å². The summed E-state index contributed by atoms with van der Waals surface area (Å²) < 4.78 is 5.39. The van der Waals surface area contributed by atoms with Gasteiger partial charge in [-0.3, -0.25) is 4.79 Å². The second-order valence-corrected chi connectivity index (χ2v) is 5.20. The highest BCUT2D eigenvalue weighted by atomic mass is 35.5. The van der Waals surface area contributed by atoms with Gasteiger partial charge in [0, 0.05) is 19.2 Å². The fourth-order valence-corrected chi connectivity index (χ4v) is 2.88. The molecular formula is C15H21ClN2O2. The van der Waals surface area contributed by atoms with Crippen LogP contribution in [0.2, 0.25) is 0 Å². The summed E-state index contributed by atoms with van der Waals surface area (Å²) in [4.78, 5) is 11.9. The van der Waals surface area contributed by atoms with Gasteiger partial charge in [-0.05, 0) is 36.9 Å². The Morgan fingerprint density at radius 2 is 2.25 bits per heavy atom. The molecule has 2 heterocycles. The molecule has 5 heteroatoms. The van der Waals surface area contributed by atoms with E-state index < -0.39 is 0 Å². The lowest BCUT2D eigenvalue weighted by molar-refractivity contribution is -0.130. The van der Waals surface area contributed by atoms with E-state index in [1.54, 1.807) is 0 Å². The number of fused-ring (bicyclic) bond motifs is 1. The minimum absolute atomic E-state index is 0. The maximum atomic E-state index is 11.9. The predicted molar refractivity (Wildman–Crippen MR) is 80.1 cm³/mol. The molecule has 2 N–H and O–H groups in total. The lowest BCUT2D eigenvalue weighted by atomic mass is 9.94. The molecule has 1 unspecified atom stereocenters. The number of hydrogen-bond donors (Lipinski definition) is 2. The van der Waals surface area contributed by atoms with E-state index in [0.29, 0.717) is 13.2 Å². The fraction of sp³-hybridized carbons (Fsp3) is 0.533. The molecule has 3 rings (SSSR count). The highest BCUT2D eigenvalue weighted by Gasteiger charge is 2.25. The number of amides is 1. The minimum atomic E-state index is -0.237. The molecule has 2 aliphatic heterocycles. The van der Waals surface area contributed by atoms with Crippen LogP contribution in [0.3, 0.4) is 0 Å². The van der Waals surface area contributed by atoms with Crippen LogP contribution in [0.15, 0.2) is 24.3 Å².